The summed E-state index contributed by atoms with van der Waals surface area (Å²) >= 11 is 0. The predicted molar refractivity (Wildman–Crippen MR) is 79.2 cm³/mol. The van der Waals surface area contributed by atoms with Crippen LogP contribution in [0.1, 0.15) is 32.4 Å². The van der Waals surface area contributed by atoms with Crippen molar-refractivity contribution >= 4 is 6.41 Å². The van der Waals surface area contributed by atoms with Crippen molar-refractivity contribution in [1.29, 1.82) is 0 Å². The van der Waals surface area contributed by atoms with Crippen LogP contribution in [-0.4, -0.2) is 43.2 Å². The van der Waals surface area contributed by atoms with Crippen molar-refractivity contribution in [1.82, 2.24) is 5.23 Å². The Morgan fingerprint density at radius 3 is 2.36 bits per heavy atom. The van der Waals surface area contributed by atoms with Gasteiger partial charge in [0.2, 0.25) is 0 Å². The summed E-state index contributed by atoms with van der Waals surface area (Å²) in [6.07, 6.45) is -0.558. The molecular formula is C15H23NO6. The third kappa shape index (κ3) is 5.51. The number of nitrogens with zero attached hydrogens (tertiary/aromatic N) is 1. The molecule has 22 heavy (non-hydrogen) atoms. The number of amides is 1. The maximum absolute atomic E-state index is 10.9. The highest BCUT2D eigenvalue weighted by atomic mass is 17.0. The van der Waals surface area contributed by atoms with Crippen LogP contribution < -0.4 is 9.47 Å². The van der Waals surface area contributed by atoms with Crippen molar-refractivity contribution in [3.63, 3.8) is 0 Å². The highest BCUT2D eigenvalue weighted by Crippen LogP contribution is 2.30. The van der Waals surface area contributed by atoms with Crippen LogP contribution in [0.5, 0.6) is 11.5 Å². The monoisotopic (exact) mass is 313 g/mol. The predicted octanol–water partition coefficient (Wildman–Crippen LogP) is 1.86. The number of hydrogen-bond donors (Lipinski definition) is 1. The standard InChI is InChI=1S/C15H23NO6/c1-15(2,3)22-16(10-17)21-9-12(18)11-6-7-13(19-4)14(8-11)20-5/h6-8,10,12,18H,9H2,1-5H3. The van der Waals surface area contributed by atoms with E-state index in [1.54, 1.807) is 39.0 Å². The van der Waals surface area contributed by atoms with Gasteiger partial charge in [0.1, 0.15) is 12.7 Å². The van der Waals surface area contributed by atoms with E-state index in [1.807, 2.05) is 0 Å². The summed E-state index contributed by atoms with van der Waals surface area (Å²) in [6, 6.07) is 5.01. The molecule has 0 saturated carbocycles. The van der Waals surface area contributed by atoms with Crippen LogP contribution in [0, 0.1) is 0 Å². The number of benzene rings is 1. The number of aliphatic hydroxyl groups excluding tert-OH is 1. The first-order valence-corrected chi connectivity index (χ1v) is 6.77. The van der Waals surface area contributed by atoms with E-state index in [4.69, 9.17) is 19.1 Å². The lowest BCUT2D eigenvalue weighted by molar-refractivity contribution is -0.371. The molecule has 0 fully saturated rings. The van der Waals surface area contributed by atoms with Gasteiger partial charge in [0.15, 0.2) is 11.5 Å². The van der Waals surface area contributed by atoms with Crippen LogP contribution in [0.4, 0.5) is 0 Å². The second-order valence-electron chi connectivity index (χ2n) is 5.52. The number of carbonyl (C=O) groups is 1. The highest BCUT2D eigenvalue weighted by Gasteiger charge is 2.19. The minimum absolute atomic E-state index is 0.149. The van der Waals surface area contributed by atoms with Crippen molar-refractivity contribution in [2.24, 2.45) is 0 Å². The van der Waals surface area contributed by atoms with E-state index in [1.165, 1.54) is 14.2 Å². The molecule has 0 aliphatic rings. The highest BCUT2D eigenvalue weighted by molar-refractivity contribution is 5.44. The lowest BCUT2D eigenvalue weighted by Gasteiger charge is -2.26. The van der Waals surface area contributed by atoms with Gasteiger partial charge < -0.3 is 14.6 Å². The van der Waals surface area contributed by atoms with E-state index in [-0.39, 0.29) is 6.61 Å². The molecule has 7 nitrogen and oxygen atoms in total. The topological polar surface area (TPSA) is 77.5 Å². The van der Waals surface area contributed by atoms with Crippen LogP contribution in [0.3, 0.4) is 0 Å². The zero-order valence-electron chi connectivity index (χ0n) is 13.5. The molecule has 1 amide bonds. The number of hydrogen-bond acceptors (Lipinski definition) is 6. The van der Waals surface area contributed by atoms with Crippen molar-refractivity contribution in [2.75, 3.05) is 20.8 Å². The molecule has 1 N–H and O–H groups in total. The molecule has 7 heteroatoms. The summed E-state index contributed by atoms with van der Waals surface area (Å²) in [5.41, 5.74) is -0.0193. The Balaban J connectivity index is 2.68. The fourth-order valence-electron chi connectivity index (χ4n) is 1.65. The first-order valence-electron chi connectivity index (χ1n) is 6.77. The molecule has 1 unspecified atom stereocenters. The van der Waals surface area contributed by atoms with Crippen molar-refractivity contribution in [3.05, 3.63) is 23.8 Å². The second-order valence-corrected chi connectivity index (χ2v) is 5.52. The van der Waals surface area contributed by atoms with Crippen molar-refractivity contribution < 1.29 is 29.0 Å². The summed E-state index contributed by atoms with van der Waals surface area (Å²) in [5, 5.41) is 10.8. The fourth-order valence-corrected chi connectivity index (χ4v) is 1.65. The molecule has 1 atom stereocenters. The molecule has 124 valence electrons. The molecule has 1 aromatic rings. The van der Waals surface area contributed by atoms with Crippen LogP contribution in [0.15, 0.2) is 18.2 Å². The minimum Gasteiger partial charge on any atom is -0.493 e. The van der Waals surface area contributed by atoms with Gasteiger partial charge in [0, 0.05) is 0 Å². The molecule has 0 saturated heterocycles. The molecular weight excluding hydrogens is 290 g/mol. The number of methoxy groups -OCH3 is 2. The van der Waals surface area contributed by atoms with E-state index >= 15 is 0 Å². The molecule has 0 spiro atoms. The van der Waals surface area contributed by atoms with Gasteiger partial charge in [-0.15, -0.1) is 0 Å². The van der Waals surface area contributed by atoms with Gasteiger partial charge in [-0.05, 0) is 38.5 Å². The van der Waals surface area contributed by atoms with Gasteiger partial charge in [0.05, 0.1) is 19.8 Å². The second kappa shape index (κ2) is 7.98. The number of aliphatic hydroxyl groups is 1. The minimum atomic E-state index is -0.953. The SMILES string of the molecule is COc1ccc(C(O)CON(C=O)OC(C)(C)C)cc1OC. The van der Waals surface area contributed by atoms with Gasteiger partial charge in [0.25, 0.3) is 6.41 Å². The smallest absolute Gasteiger partial charge is 0.261 e. The summed E-state index contributed by atoms with van der Waals surface area (Å²) in [5.74, 6) is 1.06. The average Bonchev–Trinajstić information content (AvgIpc) is 2.49. The molecule has 0 aliphatic heterocycles. The maximum atomic E-state index is 10.9. The summed E-state index contributed by atoms with van der Waals surface area (Å²) in [6.45, 7) is 5.18. The Hall–Kier alpha value is -1.83. The Morgan fingerprint density at radius 2 is 1.86 bits per heavy atom. The maximum Gasteiger partial charge on any atom is 0.261 e. The fraction of sp³-hybridized carbons (Fsp3) is 0.533. The van der Waals surface area contributed by atoms with Gasteiger partial charge in [-0.3, -0.25) is 4.79 Å². The molecule has 1 rings (SSSR count). The van der Waals surface area contributed by atoms with Gasteiger partial charge in [-0.1, -0.05) is 11.3 Å². The normalized spacial score (nSPS) is 12.6. The lowest BCUT2D eigenvalue weighted by Crippen LogP contribution is -2.34. The zero-order chi connectivity index (χ0) is 16.8. The number of rotatable bonds is 8. The molecule has 0 aliphatic carbocycles. The molecule has 0 radical (unpaired) electrons. The van der Waals surface area contributed by atoms with E-state index < -0.39 is 11.7 Å². The zero-order valence-corrected chi connectivity index (χ0v) is 13.5. The molecule has 0 bridgehead atoms. The third-order valence-corrected chi connectivity index (χ3v) is 2.60. The van der Waals surface area contributed by atoms with E-state index in [0.29, 0.717) is 28.7 Å². The first kappa shape index (κ1) is 18.2. The average molecular weight is 313 g/mol. The Morgan fingerprint density at radius 1 is 1.23 bits per heavy atom. The number of ether oxygens (including phenoxy) is 2. The van der Waals surface area contributed by atoms with Crippen molar-refractivity contribution in [3.8, 4) is 11.5 Å². The van der Waals surface area contributed by atoms with Crippen LogP contribution >= 0.6 is 0 Å². The largest absolute Gasteiger partial charge is 0.493 e. The van der Waals surface area contributed by atoms with E-state index in [2.05, 4.69) is 0 Å². The quantitative estimate of drug-likeness (QED) is 0.583. The van der Waals surface area contributed by atoms with Crippen LogP contribution in [0.25, 0.3) is 0 Å². The summed E-state index contributed by atoms with van der Waals surface area (Å²) < 4.78 is 10.3. The molecule has 0 aromatic heterocycles. The van der Waals surface area contributed by atoms with E-state index in [9.17, 15) is 9.90 Å². The van der Waals surface area contributed by atoms with Crippen LogP contribution in [-0.2, 0) is 14.5 Å². The molecule has 1 aromatic carbocycles. The Labute approximate surface area is 130 Å². The van der Waals surface area contributed by atoms with Gasteiger partial charge in [-0.2, -0.15) is 0 Å². The number of carbonyl (C=O) groups excluding carboxylic acids is 1. The van der Waals surface area contributed by atoms with Crippen molar-refractivity contribution in [2.45, 2.75) is 32.5 Å². The van der Waals surface area contributed by atoms with E-state index in [0.717, 1.165) is 0 Å². The summed E-state index contributed by atoms with van der Waals surface area (Å²) in [4.78, 5) is 21.2. The van der Waals surface area contributed by atoms with Crippen LogP contribution in [0.2, 0.25) is 0 Å². The molecule has 0 heterocycles. The van der Waals surface area contributed by atoms with Gasteiger partial charge in [-0.25, -0.2) is 9.68 Å². The summed E-state index contributed by atoms with van der Waals surface area (Å²) in [7, 11) is 3.04. The third-order valence-electron chi connectivity index (χ3n) is 2.60. The Kier molecular flexibility index (Phi) is 6.61. The number of hydroxylamine groups is 2. The van der Waals surface area contributed by atoms with Gasteiger partial charge >= 0.3 is 0 Å². The lowest BCUT2D eigenvalue weighted by atomic mass is 10.1. The Bertz CT molecular complexity index is 485. The first-order chi connectivity index (χ1) is 10.3.